The smallest absolute Gasteiger partial charge is 0.251 e. The molecule has 0 aliphatic heterocycles. The number of rotatable bonds is 5. The average Bonchev–Trinajstić information content (AvgIpc) is 3.05. The molecule has 1 heterocycles. The first kappa shape index (κ1) is 16.9. The van der Waals surface area contributed by atoms with Gasteiger partial charge in [0.2, 0.25) is 0 Å². The lowest BCUT2D eigenvalue weighted by Crippen LogP contribution is -2.33. The molecular weight excluding hydrogens is 324 g/mol. The number of nitrogens with one attached hydrogen (secondary N) is 2. The van der Waals surface area contributed by atoms with Crippen molar-refractivity contribution in [3.05, 3.63) is 70.9 Å². The van der Waals surface area contributed by atoms with Gasteiger partial charge in [-0.25, -0.2) is 0 Å². The standard InChI is InChI=1S/C22H24N2O2/c25-17(12-15-6-2-1-3-7-15)14-23-22(26)16-10-11-21-19(13-16)18-8-4-5-9-20(18)24-21/h1-3,6-7,10-11,13,17,24-25H,4-5,8-9,12,14H2,(H,23,26). The van der Waals surface area contributed by atoms with Crippen LogP contribution in [0.1, 0.15) is 40.0 Å². The average molecular weight is 348 g/mol. The van der Waals surface area contributed by atoms with E-state index >= 15 is 0 Å². The van der Waals surface area contributed by atoms with Crippen molar-refractivity contribution in [2.24, 2.45) is 0 Å². The van der Waals surface area contributed by atoms with Crippen molar-refractivity contribution in [1.82, 2.24) is 10.3 Å². The molecule has 1 amide bonds. The molecule has 0 fully saturated rings. The van der Waals surface area contributed by atoms with Crippen molar-refractivity contribution >= 4 is 16.8 Å². The van der Waals surface area contributed by atoms with Crippen molar-refractivity contribution in [3.8, 4) is 0 Å². The van der Waals surface area contributed by atoms with E-state index < -0.39 is 6.10 Å². The number of hydrogen-bond acceptors (Lipinski definition) is 2. The number of benzene rings is 2. The number of carbonyl (C=O) groups is 1. The fourth-order valence-electron chi connectivity index (χ4n) is 3.82. The first-order valence-electron chi connectivity index (χ1n) is 9.34. The van der Waals surface area contributed by atoms with E-state index in [-0.39, 0.29) is 12.5 Å². The Morgan fingerprint density at radius 1 is 1.12 bits per heavy atom. The van der Waals surface area contributed by atoms with Crippen LogP contribution in [0.25, 0.3) is 10.9 Å². The van der Waals surface area contributed by atoms with Gasteiger partial charge in [0.25, 0.3) is 5.91 Å². The minimum absolute atomic E-state index is 0.134. The van der Waals surface area contributed by atoms with Crippen molar-refractivity contribution in [2.45, 2.75) is 38.2 Å². The zero-order valence-electron chi connectivity index (χ0n) is 14.8. The fourth-order valence-corrected chi connectivity index (χ4v) is 3.82. The lowest BCUT2D eigenvalue weighted by Gasteiger charge is -2.12. The SMILES string of the molecule is O=C(NCC(O)Cc1ccccc1)c1ccc2[nH]c3c(c2c1)CCCC3. The highest BCUT2D eigenvalue weighted by molar-refractivity contribution is 5.99. The summed E-state index contributed by atoms with van der Waals surface area (Å²) >= 11 is 0. The monoisotopic (exact) mass is 348 g/mol. The number of H-pyrrole nitrogens is 1. The fraction of sp³-hybridized carbons (Fsp3) is 0.318. The van der Waals surface area contributed by atoms with Crippen LogP contribution in [0.5, 0.6) is 0 Å². The Morgan fingerprint density at radius 2 is 1.92 bits per heavy atom. The molecule has 0 radical (unpaired) electrons. The maximum Gasteiger partial charge on any atom is 0.251 e. The molecular formula is C22H24N2O2. The zero-order valence-corrected chi connectivity index (χ0v) is 14.8. The quantitative estimate of drug-likeness (QED) is 0.662. The van der Waals surface area contributed by atoms with E-state index in [1.165, 1.54) is 24.1 Å². The topological polar surface area (TPSA) is 65.1 Å². The molecule has 3 aromatic rings. The van der Waals surface area contributed by atoms with E-state index in [1.807, 2.05) is 48.5 Å². The molecule has 1 atom stereocenters. The van der Waals surface area contributed by atoms with Crippen LogP contribution in [0.4, 0.5) is 0 Å². The van der Waals surface area contributed by atoms with Crippen LogP contribution in [0.2, 0.25) is 0 Å². The maximum absolute atomic E-state index is 12.5. The van der Waals surface area contributed by atoms with Gasteiger partial charge in [-0.1, -0.05) is 30.3 Å². The Kier molecular flexibility index (Phi) is 4.76. The lowest BCUT2D eigenvalue weighted by atomic mass is 9.95. The minimum atomic E-state index is -0.593. The van der Waals surface area contributed by atoms with Gasteiger partial charge < -0.3 is 15.4 Å². The maximum atomic E-state index is 12.5. The number of aliphatic hydroxyl groups is 1. The molecule has 1 aliphatic carbocycles. The molecule has 0 spiro atoms. The first-order chi connectivity index (χ1) is 12.7. The lowest BCUT2D eigenvalue weighted by molar-refractivity contribution is 0.0916. The second kappa shape index (κ2) is 7.34. The molecule has 1 aromatic heterocycles. The summed E-state index contributed by atoms with van der Waals surface area (Å²) in [5, 5.41) is 14.2. The Morgan fingerprint density at radius 3 is 2.77 bits per heavy atom. The first-order valence-corrected chi connectivity index (χ1v) is 9.34. The summed E-state index contributed by atoms with van der Waals surface area (Å²) in [6.45, 7) is 0.247. The molecule has 1 unspecified atom stereocenters. The number of amides is 1. The van der Waals surface area contributed by atoms with Crippen LogP contribution in [0, 0.1) is 0 Å². The van der Waals surface area contributed by atoms with Crippen molar-refractivity contribution in [1.29, 1.82) is 0 Å². The van der Waals surface area contributed by atoms with Gasteiger partial charge in [0.1, 0.15) is 0 Å². The van der Waals surface area contributed by atoms with E-state index in [4.69, 9.17) is 0 Å². The van der Waals surface area contributed by atoms with Crippen LogP contribution in [-0.2, 0) is 19.3 Å². The van der Waals surface area contributed by atoms with E-state index in [0.717, 1.165) is 29.3 Å². The van der Waals surface area contributed by atoms with Gasteiger partial charge in [-0.3, -0.25) is 4.79 Å². The van der Waals surface area contributed by atoms with Crippen LogP contribution in [0.3, 0.4) is 0 Å². The predicted molar refractivity (Wildman–Crippen MR) is 103 cm³/mol. The highest BCUT2D eigenvalue weighted by Gasteiger charge is 2.17. The highest BCUT2D eigenvalue weighted by atomic mass is 16.3. The molecule has 26 heavy (non-hydrogen) atoms. The number of aromatic nitrogens is 1. The van der Waals surface area contributed by atoms with E-state index in [0.29, 0.717) is 12.0 Å². The number of aromatic amines is 1. The highest BCUT2D eigenvalue weighted by Crippen LogP contribution is 2.29. The third kappa shape index (κ3) is 3.51. The number of hydrogen-bond donors (Lipinski definition) is 3. The molecule has 0 saturated carbocycles. The number of aryl methyl sites for hydroxylation is 2. The van der Waals surface area contributed by atoms with Gasteiger partial charge in [0, 0.05) is 35.1 Å². The van der Waals surface area contributed by atoms with Gasteiger partial charge in [0.15, 0.2) is 0 Å². The van der Waals surface area contributed by atoms with Crippen LogP contribution < -0.4 is 5.32 Å². The number of aliphatic hydroxyl groups excluding tert-OH is 1. The molecule has 1 aliphatic rings. The third-order valence-corrected chi connectivity index (χ3v) is 5.17. The van der Waals surface area contributed by atoms with Crippen molar-refractivity contribution in [3.63, 3.8) is 0 Å². The van der Waals surface area contributed by atoms with Crippen LogP contribution in [-0.4, -0.2) is 28.6 Å². The largest absolute Gasteiger partial charge is 0.391 e. The molecule has 2 aromatic carbocycles. The summed E-state index contributed by atoms with van der Waals surface area (Å²) in [6.07, 6.45) is 4.55. The van der Waals surface area contributed by atoms with Gasteiger partial charge in [-0.2, -0.15) is 0 Å². The number of fused-ring (bicyclic) bond motifs is 3. The van der Waals surface area contributed by atoms with Crippen LogP contribution >= 0.6 is 0 Å². The zero-order chi connectivity index (χ0) is 17.9. The predicted octanol–water partition coefficient (Wildman–Crippen LogP) is 3.38. The van der Waals surface area contributed by atoms with E-state index in [9.17, 15) is 9.90 Å². The van der Waals surface area contributed by atoms with Crippen molar-refractivity contribution in [2.75, 3.05) is 6.54 Å². The van der Waals surface area contributed by atoms with Gasteiger partial charge in [-0.05, 0) is 55.0 Å². The van der Waals surface area contributed by atoms with Crippen LogP contribution in [0.15, 0.2) is 48.5 Å². The summed E-state index contributed by atoms with van der Waals surface area (Å²) < 4.78 is 0. The molecule has 0 saturated heterocycles. The summed E-state index contributed by atoms with van der Waals surface area (Å²) in [5.41, 5.74) is 5.51. The Bertz CT molecular complexity index is 915. The summed E-state index contributed by atoms with van der Waals surface area (Å²) in [6, 6.07) is 15.6. The summed E-state index contributed by atoms with van der Waals surface area (Å²) in [7, 11) is 0. The normalized spacial score (nSPS) is 14.8. The molecule has 4 rings (SSSR count). The number of carbonyl (C=O) groups excluding carboxylic acids is 1. The second-order valence-electron chi connectivity index (χ2n) is 7.10. The Labute approximate surface area is 153 Å². The second-order valence-corrected chi connectivity index (χ2v) is 7.10. The molecule has 0 bridgehead atoms. The molecule has 4 nitrogen and oxygen atoms in total. The Balaban J connectivity index is 1.43. The Hall–Kier alpha value is -2.59. The van der Waals surface area contributed by atoms with Crippen molar-refractivity contribution < 1.29 is 9.90 Å². The molecule has 3 N–H and O–H groups in total. The van der Waals surface area contributed by atoms with Gasteiger partial charge >= 0.3 is 0 Å². The molecule has 4 heteroatoms. The van der Waals surface area contributed by atoms with Gasteiger partial charge in [-0.15, -0.1) is 0 Å². The third-order valence-electron chi connectivity index (χ3n) is 5.17. The summed E-state index contributed by atoms with van der Waals surface area (Å²) in [5.74, 6) is -0.134. The van der Waals surface area contributed by atoms with E-state index in [1.54, 1.807) is 0 Å². The van der Waals surface area contributed by atoms with Gasteiger partial charge in [0.05, 0.1) is 6.10 Å². The minimum Gasteiger partial charge on any atom is -0.391 e. The summed E-state index contributed by atoms with van der Waals surface area (Å²) in [4.78, 5) is 16.0. The van der Waals surface area contributed by atoms with E-state index in [2.05, 4.69) is 10.3 Å². The molecule has 134 valence electrons.